The highest BCUT2D eigenvalue weighted by atomic mass is 14.8. The first-order chi connectivity index (χ1) is 5.80. The van der Waals surface area contributed by atoms with Gasteiger partial charge in [0.2, 0.25) is 0 Å². The summed E-state index contributed by atoms with van der Waals surface area (Å²) in [6.07, 6.45) is 7.70. The maximum Gasteiger partial charge on any atom is -0.0186 e. The second-order valence-corrected chi connectivity index (χ2v) is 5.49. The van der Waals surface area contributed by atoms with Crippen molar-refractivity contribution in [2.75, 3.05) is 0 Å². The molecule has 3 saturated carbocycles. The highest BCUT2D eigenvalue weighted by Crippen LogP contribution is 2.80. The Hall–Kier alpha value is 0. The van der Waals surface area contributed by atoms with Gasteiger partial charge in [-0.05, 0) is 48.3 Å². The average Bonchev–Trinajstić information content (AvgIpc) is 1.99. The van der Waals surface area contributed by atoms with Gasteiger partial charge in [0.25, 0.3) is 0 Å². The molecule has 0 aromatic heterocycles. The molecule has 3 aliphatic carbocycles. The average molecular weight is 164 g/mol. The van der Waals surface area contributed by atoms with Crippen molar-refractivity contribution in [1.29, 1.82) is 0 Å². The monoisotopic (exact) mass is 164 g/mol. The Morgan fingerprint density at radius 2 is 1.92 bits per heavy atom. The van der Waals surface area contributed by atoms with Crippen molar-refractivity contribution in [1.82, 2.24) is 0 Å². The maximum atomic E-state index is 2.50. The largest absolute Gasteiger partial charge is 0.0654 e. The van der Waals surface area contributed by atoms with Crippen molar-refractivity contribution in [2.45, 2.75) is 46.0 Å². The Morgan fingerprint density at radius 1 is 1.17 bits per heavy atom. The summed E-state index contributed by atoms with van der Waals surface area (Å²) in [7, 11) is 0. The fourth-order valence-electron chi connectivity index (χ4n) is 4.97. The molecule has 12 heavy (non-hydrogen) atoms. The van der Waals surface area contributed by atoms with Gasteiger partial charge in [-0.1, -0.05) is 26.7 Å². The molecule has 1 spiro atoms. The first-order valence-corrected chi connectivity index (χ1v) is 5.80. The Bertz CT molecular complexity index is 187. The van der Waals surface area contributed by atoms with Crippen LogP contribution in [0.25, 0.3) is 0 Å². The summed E-state index contributed by atoms with van der Waals surface area (Å²) in [4.78, 5) is 0. The lowest BCUT2D eigenvalue weighted by Crippen LogP contribution is -2.72. The summed E-state index contributed by atoms with van der Waals surface area (Å²) in [6.45, 7) is 4.85. The van der Waals surface area contributed by atoms with Crippen LogP contribution >= 0.6 is 0 Å². The topological polar surface area (TPSA) is 0 Å². The Balaban J connectivity index is 1.77. The predicted molar refractivity (Wildman–Crippen MR) is 50.8 cm³/mol. The van der Waals surface area contributed by atoms with Crippen molar-refractivity contribution in [3.63, 3.8) is 0 Å². The lowest BCUT2D eigenvalue weighted by atomic mass is 9.26. The Morgan fingerprint density at radius 3 is 2.42 bits per heavy atom. The van der Waals surface area contributed by atoms with Crippen LogP contribution in [0.3, 0.4) is 0 Å². The van der Waals surface area contributed by atoms with Gasteiger partial charge in [0.15, 0.2) is 0 Å². The van der Waals surface area contributed by atoms with E-state index in [-0.39, 0.29) is 0 Å². The highest BCUT2D eigenvalue weighted by Gasteiger charge is 2.72. The van der Waals surface area contributed by atoms with Crippen molar-refractivity contribution >= 4 is 0 Å². The van der Waals surface area contributed by atoms with Gasteiger partial charge in [-0.2, -0.15) is 0 Å². The van der Waals surface area contributed by atoms with E-state index in [9.17, 15) is 0 Å². The zero-order valence-corrected chi connectivity index (χ0v) is 8.34. The first kappa shape index (κ1) is 7.41. The molecule has 0 aliphatic heterocycles. The van der Waals surface area contributed by atoms with Crippen LogP contribution < -0.4 is 0 Å². The van der Waals surface area contributed by atoms with E-state index in [1.165, 1.54) is 24.7 Å². The molecular weight excluding hydrogens is 144 g/mol. The molecule has 0 amide bonds. The lowest BCUT2D eigenvalue weighted by molar-refractivity contribution is -0.302. The zero-order valence-electron chi connectivity index (χ0n) is 8.34. The fraction of sp³-hybridized carbons (Fsp3) is 1.00. The zero-order chi connectivity index (χ0) is 8.34. The molecule has 0 aromatic rings. The third-order valence-corrected chi connectivity index (χ3v) is 5.39. The molecular formula is C12H20. The van der Waals surface area contributed by atoms with Gasteiger partial charge in [-0.3, -0.25) is 0 Å². The highest BCUT2D eigenvalue weighted by molar-refractivity contribution is 5.21. The van der Waals surface area contributed by atoms with E-state index in [1.807, 2.05) is 0 Å². The summed E-state index contributed by atoms with van der Waals surface area (Å²) in [5, 5.41) is 0. The Labute approximate surface area is 75.7 Å². The first-order valence-electron chi connectivity index (χ1n) is 5.80. The molecule has 0 heteroatoms. The van der Waals surface area contributed by atoms with Crippen LogP contribution in [-0.2, 0) is 0 Å². The minimum atomic E-state index is 0.927. The SMILES string of the molecule is CCCC1CC2CC3CC(C)C132. The lowest BCUT2D eigenvalue weighted by Gasteiger charge is -2.79. The van der Waals surface area contributed by atoms with Crippen molar-refractivity contribution in [3.8, 4) is 0 Å². The van der Waals surface area contributed by atoms with Crippen LogP contribution in [0, 0.1) is 29.1 Å². The van der Waals surface area contributed by atoms with E-state index in [0.717, 1.165) is 17.3 Å². The maximum absolute atomic E-state index is 2.50. The normalized spacial score (nSPS) is 60.5. The third kappa shape index (κ3) is 0.533. The summed E-state index contributed by atoms with van der Waals surface area (Å²) >= 11 is 0. The second-order valence-electron chi connectivity index (χ2n) is 5.49. The summed E-state index contributed by atoms with van der Waals surface area (Å²) in [5.41, 5.74) is 0.927. The molecule has 3 aliphatic rings. The summed E-state index contributed by atoms with van der Waals surface area (Å²) in [5.74, 6) is 4.60. The van der Waals surface area contributed by atoms with Gasteiger partial charge in [-0.15, -0.1) is 0 Å². The van der Waals surface area contributed by atoms with Gasteiger partial charge in [-0.25, -0.2) is 0 Å². The second kappa shape index (κ2) is 2.08. The van der Waals surface area contributed by atoms with Crippen molar-refractivity contribution in [2.24, 2.45) is 29.1 Å². The smallest absolute Gasteiger partial charge is 0.0186 e. The van der Waals surface area contributed by atoms with E-state index in [2.05, 4.69) is 13.8 Å². The van der Waals surface area contributed by atoms with Crippen LogP contribution in [0.15, 0.2) is 0 Å². The molecule has 0 saturated heterocycles. The number of hydrogen-bond acceptors (Lipinski definition) is 0. The van der Waals surface area contributed by atoms with Crippen LogP contribution in [0.5, 0.6) is 0 Å². The van der Waals surface area contributed by atoms with Gasteiger partial charge < -0.3 is 0 Å². The molecule has 5 unspecified atom stereocenters. The molecule has 3 rings (SSSR count). The van der Waals surface area contributed by atoms with Crippen molar-refractivity contribution < 1.29 is 0 Å². The van der Waals surface area contributed by atoms with E-state index in [4.69, 9.17) is 0 Å². The standard InChI is InChI=1S/C12H20/c1-3-4-9-6-11-7-10-5-8(2)12(9,10)11/h8-11H,3-7H2,1-2H3. The molecule has 5 atom stereocenters. The van der Waals surface area contributed by atoms with Gasteiger partial charge >= 0.3 is 0 Å². The van der Waals surface area contributed by atoms with Crippen LogP contribution in [-0.4, -0.2) is 0 Å². The minimum Gasteiger partial charge on any atom is -0.0654 e. The quantitative estimate of drug-likeness (QED) is 0.586. The van der Waals surface area contributed by atoms with Gasteiger partial charge in [0.05, 0.1) is 0 Å². The third-order valence-electron chi connectivity index (χ3n) is 5.39. The molecule has 0 N–H and O–H groups in total. The van der Waals surface area contributed by atoms with Gasteiger partial charge in [0, 0.05) is 0 Å². The molecule has 0 radical (unpaired) electrons. The van der Waals surface area contributed by atoms with Crippen LogP contribution in [0.2, 0.25) is 0 Å². The van der Waals surface area contributed by atoms with Crippen LogP contribution in [0.4, 0.5) is 0 Å². The molecule has 0 bridgehead atoms. The minimum absolute atomic E-state index is 0.927. The fourth-order valence-corrected chi connectivity index (χ4v) is 4.97. The van der Waals surface area contributed by atoms with E-state index in [0.29, 0.717) is 0 Å². The van der Waals surface area contributed by atoms with Crippen LogP contribution in [0.1, 0.15) is 46.0 Å². The molecule has 0 nitrogen and oxygen atoms in total. The van der Waals surface area contributed by atoms with E-state index < -0.39 is 0 Å². The van der Waals surface area contributed by atoms with Gasteiger partial charge in [0.1, 0.15) is 0 Å². The number of hydrogen-bond donors (Lipinski definition) is 0. The Kier molecular flexibility index (Phi) is 1.28. The number of rotatable bonds is 2. The summed E-state index contributed by atoms with van der Waals surface area (Å²) in [6, 6.07) is 0. The summed E-state index contributed by atoms with van der Waals surface area (Å²) < 4.78 is 0. The molecule has 3 fully saturated rings. The van der Waals surface area contributed by atoms with Crippen molar-refractivity contribution in [3.05, 3.63) is 0 Å². The van der Waals surface area contributed by atoms with E-state index in [1.54, 1.807) is 19.3 Å². The molecule has 0 aromatic carbocycles. The molecule has 68 valence electrons. The van der Waals surface area contributed by atoms with E-state index >= 15 is 0 Å². The predicted octanol–water partition coefficient (Wildman–Crippen LogP) is 3.47. The molecule has 0 heterocycles.